The molecule has 2 rings (SSSR count). The summed E-state index contributed by atoms with van der Waals surface area (Å²) in [5, 5.41) is 0. The van der Waals surface area contributed by atoms with E-state index in [-0.39, 0.29) is 6.04 Å². The van der Waals surface area contributed by atoms with Crippen molar-refractivity contribution in [2.24, 2.45) is 5.73 Å². The molecule has 0 spiro atoms. The Morgan fingerprint density at radius 1 is 1.11 bits per heavy atom. The molecule has 1 aromatic carbocycles. The summed E-state index contributed by atoms with van der Waals surface area (Å²) in [5.41, 5.74) is 7.12. The molecule has 1 heterocycles. The summed E-state index contributed by atoms with van der Waals surface area (Å²) in [6.45, 7) is 0.454. The van der Waals surface area contributed by atoms with Gasteiger partial charge in [-0.05, 0) is 29.8 Å². The van der Waals surface area contributed by atoms with Crippen molar-refractivity contribution in [2.75, 3.05) is 14.2 Å². The van der Waals surface area contributed by atoms with Gasteiger partial charge in [0.2, 0.25) is 0 Å². The van der Waals surface area contributed by atoms with Gasteiger partial charge in [0.1, 0.15) is 23.9 Å². The molecule has 0 amide bonds. The number of benzene rings is 1. The molecule has 1 atom stereocenters. The van der Waals surface area contributed by atoms with Crippen molar-refractivity contribution in [3.63, 3.8) is 0 Å². The predicted molar refractivity (Wildman–Crippen MR) is 68.4 cm³/mol. The zero-order valence-electron chi connectivity index (χ0n) is 10.6. The second-order valence-corrected chi connectivity index (χ2v) is 3.99. The third-order valence-corrected chi connectivity index (χ3v) is 2.75. The molecular weight excluding hydrogens is 230 g/mol. The fourth-order valence-electron chi connectivity index (χ4n) is 1.76. The van der Waals surface area contributed by atoms with Crippen LogP contribution in [0.25, 0.3) is 0 Å². The zero-order chi connectivity index (χ0) is 13.0. The molecule has 96 valence electrons. The summed E-state index contributed by atoms with van der Waals surface area (Å²) in [6.07, 6.45) is 0. The smallest absolute Gasteiger partial charge is 0.129 e. The minimum absolute atomic E-state index is 0.276. The molecule has 4 heteroatoms. The molecule has 1 aromatic heterocycles. The Bertz CT molecular complexity index is 490. The van der Waals surface area contributed by atoms with Crippen molar-refractivity contribution >= 4 is 0 Å². The number of nitrogens with two attached hydrogens (primary N) is 1. The first kappa shape index (κ1) is 12.7. The molecule has 18 heavy (non-hydrogen) atoms. The molecule has 0 aliphatic rings. The lowest BCUT2D eigenvalue weighted by Crippen LogP contribution is -2.10. The second-order valence-electron chi connectivity index (χ2n) is 3.99. The summed E-state index contributed by atoms with van der Waals surface area (Å²) >= 11 is 0. The van der Waals surface area contributed by atoms with Crippen LogP contribution < -0.4 is 10.5 Å². The van der Waals surface area contributed by atoms with Gasteiger partial charge in [-0.2, -0.15) is 0 Å². The molecule has 0 aliphatic carbocycles. The largest absolute Gasteiger partial charge is 0.497 e. The molecule has 0 saturated heterocycles. The first-order valence-corrected chi connectivity index (χ1v) is 5.71. The first-order valence-electron chi connectivity index (χ1n) is 5.71. The van der Waals surface area contributed by atoms with Crippen molar-refractivity contribution in [3.8, 4) is 5.75 Å². The third kappa shape index (κ3) is 2.72. The lowest BCUT2D eigenvalue weighted by atomic mass is 10.1. The number of rotatable bonds is 5. The van der Waals surface area contributed by atoms with E-state index < -0.39 is 0 Å². The van der Waals surface area contributed by atoms with Crippen LogP contribution in [-0.4, -0.2) is 14.2 Å². The van der Waals surface area contributed by atoms with Crippen molar-refractivity contribution in [1.82, 2.24) is 0 Å². The number of methoxy groups -OCH3 is 2. The van der Waals surface area contributed by atoms with Crippen LogP contribution in [0.15, 0.2) is 40.8 Å². The van der Waals surface area contributed by atoms with E-state index in [2.05, 4.69) is 0 Å². The maximum absolute atomic E-state index is 6.14. The molecule has 2 N–H and O–H groups in total. The summed E-state index contributed by atoms with van der Waals surface area (Å²) in [6, 6.07) is 11.1. The second kappa shape index (κ2) is 5.71. The molecule has 0 bridgehead atoms. The molecule has 1 unspecified atom stereocenters. The van der Waals surface area contributed by atoms with Gasteiger partial charge in [-0.1, -0.05) is 12.1 Å². The molecule has 4 nitrogen and oxygen atoms in total. The van der Waals surface area contributed by atoms with Crippen molar-refractivity contribution in [2.45, 2.75) is 12.6 Å². The maximum Gasteiger partial charge on any atom is 0.129 e. The lowest BCUT2D eigenvalue weighted by molar-refractivity contribution is 0.162. The fourth-order valence-corrected chi connectivity index (χ4v) is 1.76. The van der Waals surface area contributed by atoms with E-state index in [1.165, 1.54) is 0 Å². The molecule has 0 saturated carbocycles. The van der Waals surface area contributed by atoms with Gasteiger partial charge in [0.25, 0.3) is 0 Å². The molecule has 0 radical (unpaired) electrons. The van der Waals surface area contributed by atoms with Crippen molar-refractivity contribution in [1.29, 1.82) is 0 Å². The average molecular weight is 247 g/mol. The van der Waals surface area contributed by atoms with Crippen LogP contribution >= 0.6 is 0 Å². The molecule has 0 aliphatic heterocycles. The minimum Gasteiger partial charge on any atom is -0.497 e. The average Bonchev–Trinajstić information content (AvgIpc) is 2.87. The van der Waals surface area contributed by atoms with E-state index in [4.69, 9.17) is 19.6 Å². The number of ether oxygens (including phenoxy) is 2. The van der Waals surface area contributed by atoms with E-state index in [0.29, 0.717) is 6.61 Å². The quantitative estimate of drug-likeness (QED) is 0.881. The highest BCUT2D eigenvalue weighted by Gasteiger charge is 2.13. The van der Waals surface area contributed by atoms with E-state index in [1.807, 2.05) is 36.4 Å². The summed E-state index contributed by atoms with van der Waals surface area (Å²) in [7, 11) is 3.27. The monoisotopic (exact) mass is 247 g/mol. The summed E-state index contributed by atoms with van der Waals surface area (Å²) < 4.78 is 15.7. The van der Waals surface area contributed by atoms with Crippen LogP contribution in [0.2, 0.25) is 0 Å². The van der Waals surface area contributed by atoms with Gasteiger partial charge in [-0.15, -0.1) is 0 Å². The number of furan rings is 1. The Labute approximate surface area is 106 Å². The van der Waals surface area contributed by atoms with Crippen LogP contribution in [0.4, 0.5) is 0 Å². The van der Waals surface area contributed by atoms with E-state index in [9.17, 15) is 0 Å². The predicted octanol–water partition coefficient (Wildman–Crippen LogP) is 2.48. The zero-order valence-corrected chi connectivity index (χ0v) is 10.6. The highest BCUT2D eigenvalue weighted by molar-refractivity contribution is 5.32. The van der Waals surface area contributed by atoms with Gasteiger partial charge in [0.15, 0.2) is 0 Å². The van der Waals surface area contributed by atoms with Crippen LogP contribution in [0.3, 0.4) is 0 Å². The number of hydrogen-bond acceptors (Lipinski definition) is 4. The fraction of sp³-hybridized carbons (Fsp3) is 0.286. The van der Waals surface area contributed by atoms with E-state index in [0.717, 1.165) is 22.8 Å². The van der Waals surface area contributed by atoms with Crippen LogP contribution in [0.5, 0.6) is 5.75 Å². The van der Waals surface area contributed by atoms with Crippen LogP contribution in [0.1, 0.15) is 23.1 Å². The topological polar surface area (TPSA) is 57.6 Å². The van der Waals surface area contributed by atoms with Gasteiger partial charge in [-0.25, -0.2) is 0 Å². The highest BCUT2D eigenvalue weighted by Crippen LogP contribution is 2.23. The Morgan fingerprint density at radius 2 is 1.83 bits per heavy atom. The first-order chi connectivity index (χ1) is 8.74. The van der Waals surface area contributed by atoms with E-state index in [1.54, 1.807) is 14.2 Å². The van der Waals surface area contributed by atoms with Gasteiger partial charge in [0.05, 0.1) is 13.2 Å². The van der Waals surface area contributed by atoms with Gasteiger partial charge in [-0.3, -0.25) is 0 Å². The normalized spacial score (nSPS) is 12.4. The lowest BCUT2D eigenvalue weighted by Gasteiger charge is -2.10. The highest BCUT2D eigenvalue weighted by atomic mass is 16.5. The molecule has 0 fully saturated rings. The maximum atomic E-state index is 6.14. The standard InChI is InChI=1S/C14H17NO3/c1-16-9-12-7-8-13(18-12)14(15)10-3-5-11(17-2)6-4-10/h3-8,14H,9,15H2,1-2H3. The van der Waals surface area contributed by atoms with Crippen LogP contribution in [0, 0.1) is 0 Å². The van der Waals surface area contributed by atoms with Gasteiger partial charge in [0, 0.05) is 7.11 Å². The Hall–Kier alpha value is -1.78. The van der Waals surface area contributed by atoms with Gasteiger partial charge < -0.3 is 19.6 Å². The Balaban J connectivity index is 2.15. The SMILES string of the molecule is COCc1ccc(C(N)c2ccc(OC)cc2)o1. The Kier molecular flexibility index (Phi) is 4.02. The van der Waals surface area contributed by atoms with E-state index >= 15 is 0 Å². The van der Waals surface area contributed by atoms with Crippen molar-refractivity contribution in [3.05, 3.63) is 53.5 Å². The van der Waals surface area contributed by atoms with Gasteiger partial charge >= 0.3 is 0 Å². The summed E-state index contributed by atoms with van der Waals surface area (Å²) in [5.74, 6) is 2.31. The van der Waals surface area contributed by atoms with Crippen LogP contribution in [-0.2, 0) is 11.3 Å². The molecular formula is C14H17NO3. The number of hydrogen-bond donors (Lipinski definition) is 1. The third-order valence-electron chi connectivity index (χ3n) is 2.75. The summed E-state index contributed by atoms with van der Waals surface area (Å²) in [4.78, 5) is 0. The minimum atomic E-state index is -0.276. The molecule has 2 aromatic rings. The van der Waals surface area contributed by atoms with Crippen molar-refractivity contribution < 1.29 is 13.9 Å². The Morgan fingerprint density at radius 3 is 2.44 bits per heavy atom.